The minimum atomic E-state index is -0.375. The largest absolute Gasteiger partial charge is 0.486 e. The van der Waals surface area contributed by atoms with E-state index in [9.17, 15) is 9.59 Å². The van der Waals surface area contributed by atoms with Crippen molar-refractivity contribution in [2.75, 3.05) is 33.0 Å². The van der Waals surface area contributed by atoms with E-state index in [4.69, 9.17) is 18.9 Å². The number of carbonyl (C=O) groups is 2. The number of benzene rings is 2. The first-order valence-corrected chi connectivity index (χ1v) is 10.2. The lowest BCUT2D eigenvalue weighted by Gasteiger charge is -2.26. The van der Waals surface area contributed by atoms with Gasteiger partial charge in [0, 0.05) is 6.54 Å². The average molecular weight is 411 g/mol. The molecular weight excluding hydrogens is 386 g/mol. The highest BCUT2D eigenvalue weighted by molar-refractivity contribution is 5.89. The summed E-state index contributed by atoms with van der Waals surface area (Å²) in [6.07, 6.45) is 1.85. The molecular formula is C23H25NO6. The van der Waals surface area contributed by atoms with Crippen molar-refractivity contribution in [3.05, 3.63) is 53.6 Å². The number of amides is 1. The van der Waals surface area contributed by atoms with E-state index in [0.29, 0.717) is 37.7 Å². The third kappa shape index (κ3) is 4.35. The van der Waals surface area contributed by atoms with Crippen LogP contribution in [0.2, 0.25) is 0 Å². The molecule has 0 saturated carbocycles. The van der Waals surface area contributed by atoms with Gasteiger partial charge in [-0.1, -0.05) is 6.07 Å². The van der Waals surface area contributed by atoms with Crippen molar-refractivity contribution in [3.8, 4) is 17.2 Å². The van der Waals surface area contributed by atoms with Crippen molar-refractivity contribution in [2.24, 2.45) is 0 Å². The summed E-state index contributed by atoms with van der Waals surface area (Å²) in [5.74, 6) is 1.57. The van der Waals surface area contributed by atoms with Gasteiger partial charge in [0.25, 0.3) is 5.91 Å². The van der Waals surface area contributed by atoms with Crippen LogP contribution in [0.25, 0.3) is 0 Å². The number of fused-ring (bicyclic) bond motifs is 1. The van der Waals surface area contributed by atoms with Crippen LogP contribution in [-0.4, -0.2) is 49.7 Å². The van der Waals surface area contributed by atoms with Crippen LogP contribution in [0, 0.1) is 0 Å². The Labute approximate surface area is 175 Å². The molecule has 0 N–H and O–H groups in total. The van der Waals surface area contributed by atoms with Crippen LogP contribution in [0.3, 0.4) is 0 Å². The van der Waals surface area contributed by atoms with Gasteiger partial charge in [-0.25, -0.2) is 4.79 Å². The van der Waals surface area contributed by atoms with Gasteiger partial charge in [-0.05, 0) is 61.7 Å². The van der Waals surface area contributed by atoms with Crippen LogP contribution in [0.4, 0.5) is 0 Å². The average Bonchev–Trinajstić information content (AvgIpc) is 3.28. The Balaban J connectivity index is 1.37. The third-order valence-corrected chi connectivity index (χ3v) is 5.25. The van der Waals surface area contributed by atoms with Gasteiger partial charge in [0.05, 0.1) is 18.2 Å². The van der Waals surface area contributed by atoms with E-state index < -0.39 is 0 Å². The monoisotopic (exact) mass is 411 g/mol. The fourth-order valence-electron chi connectivity index (χ4n) is 3.81. The standard InChI is InChI=1S/C23H25NO6/c1-2-27-23(26)16-5-8-18(9-6-16)30-15-22(25)24-11-3-4-19(24)17-7-10-20-21(14-17)29-13-12-28-20/h5-10,14,19H,2-4,11-13,15H2,1H3. The molecule has 0 spiro atoms. The smallest absolute Gasteiger partial charge is 0.338 e. The number of hydrogen-bond donors (Lipinski definition) is 0. The molecule has 1 saturated heterocycles. The Morgan fingerprint density at radius 3 is 2.60 bits per heavy atom. The van der Waals surface area contributed by atoms with Gasteiger partial charge in [-0.2, -0.15) is 0 Å². The summed E-state index contributed by atoms with van der Waals surface area (Å²) >= 11 is 0. The summed E-state index contributed by atoms with van der Waals surface area (Å²) in [4.78, 5) is 26.4. The van der Waals surface area contributed by atoms with Crippen LogP contribution in [0.5, 0.6) is 17.2 Å². The number of hydrogen-bond acceptors (Lipinski definition) is 6. The zero-order chi connectivity index (χ0) is 20.9. The number of rotatable bonds is 6. The summed E-state index contributed by atoms with van der Waals surface area (Å²) in [7, 11) is 0. The van der Waals surface area contributed by atoms with Crippen molar-refractivity contribution in [3.63, 3.8) is 0 Å². The van der Waals surface area contributed by atoms with Crippen LogP contribution >= 0.6 is 0 Å². The molecule has 158 valence electrons. The maximum atomic E-state index is 12.8. The van der Waals surface area contributed by atoms with E-state index in [1.165, 1.54) is 0 Å². The lowest BCUT2D eigenvalue weighted by molar-refractivity contribution is -0.134. The molecule has 2 aliphatic rings. The van der Waals surface area contributed by atoms with E-state index in [-0.39, 0.29) is 24.5 Å². The maximum absolute atomic E-state index is 12.8. The zero-order valence-electron chi connectivity index (χ0n) is 17.0. The van der Waals surface area contributed by atoms with Crippen LogP contribution in [0.1, 0.15) is 41.7 Å². The Kier molecular flexibility index (Phi) is 6.07. The molecule has 1 amide bonds. The number of nitrogens with zero attached hydrogens (tertiary/aromatic N) is 1. The van der Waals surface area contributed by atoms with Gasteiger partial charge in [0.15, 0.2) is 18.1 Å². The topological polar surface area (TPSA) is 74.3 Å². The predicted octanol–water partition coefficient (Wildman–Crippen LogP) is 3.38. The summed E-state index contributed by atoms with van der Waals surface area (Å²) in [5, 5.41) is 0. The molecule has 1 atom stereocenters. The number of esters is 1. The van der Waals surface area contributed by atoms with Crippen LogP contribution in [-0.2, 0) is 9.53 Å². The maximum Gasteiger partial charge on any atom is 0.338 e. The third-order valence-electron chi connectivity index (χ3n) is 5.25. The van der Waals surface area contributed by atoms with Crippen molar-refractivity contribution in [1.82, 2.24) is 4.90 Å². The van der Waals surface area contributed by atoms with E-state index in [1.807, 2.05) is 23.1 Å². The molecule has 0 aliphatic carbocycles. The van der Waals surface area contributed by atoms with Gasteiger partial charge >= 0.3 is 5.97 Å². The second-order valence-corrected chi connectivity index (χ2v) is 7.18. The highest BCUT2D eigenvalue weighted by atomic mass is 16.6. The molecule has 0 radical (unpaired) electrons. The molecule has 2 aromatic carbocycles. The molecule has 0 aromatic heterocycles. The van der Waals surface area contributed by atoms with Crippen molar-refractivity contribution in [2.45, 2.75) is 25.8 Å². The molecule has 2 heterocycles. The van der Waals surface area contributed by atoms with Gasteiger partial charge in [-0.3, -0.25) is 4.79 Å². The zero-order valence-corrected chi connectivity index (χ0v) is 17.0. The highest BCUT2D eigenvalue weighted by Gasteiger charge is 2.31. The van der Waals surface area contributed by atoms with E-state index in [0.717, 1.165) is 29.9 Å². The summed E-state index contributed by atoms with van der Waals surface area (Å²) in [6.45, 7) is 3.82. The summed E-state index contributed by atoms with van der Waals surface area (Å²) in [5.41, 5.74) is 1.50. The predicted molar refractivity (Wildman–Crippen MR) is 109 cm³/mol. The molecule has 1 unspecified atom stereocenters. The minimum absolute atomic E-state index is 0.00289. The van der Waals surface area contributed by atoms with Gasteiger partial charge in [0.2, 0.25) is 0 Å². The Bertz CT molecular complexity index is 910. The van der Waals surface area contributed by atoms with Gasteiger partial charge in [0.1, 0.15) is 19.0 Å². The van der Waals surface area contributed by atoms with Crippen molar-refractivity contribution < 1.29 is 28.5 Å². The van der Waals surface area contributed by atoms with E-state index in [1.54, 1.807) is 31.2 Å². The molecule has 1 fully saturated rings. The second-order valence-electron chi connectivity index (χ2n) is 7.18. The lowest BCUT2D eigenvalue weighted by atomic mass is 10.0. The fraction of sp³-hybridized carbons (Fsp3) is 0.391. The minimum Gasteiger partial charge on any atom is -0.486 e. The summed E-state index contributed by atoms with van der Waals surface area (Å²) in [6, 6.07) is 12.5. The molecule has 0 bridgehead atoms. The number of likely N-dealkylation sites (tertiary alicyclic amines) is 1. The molecule has 30 heavy (non-hydrogen) atoms. The fourth-order valence-corrected chi connectivity index (χ4v) is 3.81. The molecule has 7 heteroatoms. The molecule has 2 aromatic rings. The first-order valence-electron chi connectivity index (χ1n) is 10.2. The van der Waals surface area contributed by atoms with Crippen LogP contribution in [0.15, 0.2) is 42.5 Å². The SMILES string of the molecule is CCOC(=O)c1ccc(OCC(=O)N2CCCC2c2ccc3c(c2)OCCO3)cc1. The Morgan fingerprint density at radius 2 is 1.83 bits per heavy atom. The van der Waals surface area contributed by atoms with Crippen LogP contribution < -0.4 is 14.2 Å². The van der Waals surface area contributed by atoms with E-state index in [2.05, 4.69) is 0 Å². The molecule has 7 nitrogen and oxygen atoms in total. The van der Waals surface area contributed by atoms with Crippen molar-refractivity contribution in [1.29, 1.82) is 0 Å². The Hall–Kier alpha value is -3.22. The van der Waals surface area contributed by atoms with Gasteiger partial charge < -0.3 is 23.8 Å². The lowest BCUT2D eigenvalue weighted by Crippen LogP contribution is -2.34. The van der Waals surface area contributed by atoms with Gasteiger partial charge in [-0.15, -0.1) is 0 Å². The normalized spacial score (nSPS) is 17.5. The van der Waals surface area contributed by atoms with Crippen molar-refractivity contribution >= 4 is 11.9 Å². The Morgan fingerprint density at radius 1 is 1.07 bits per heavy atom. The molecule has 4 rings (SSSR count). The molecule has 2 aliphatic heterocycles. The number of carbonyl (C=O) groups excluding carboxylic acids is 2. The quantitative estimate of drug-likeness (QED) is 0.679. The first kappa shape index (κ1) is 20.1. The van der Waals surface area contributed by atoms with E-state index >= 15 is 0 Å². The highest BCUT2D eigenvalue weighted by Crippen LogP contribution is 2.38. The number of ether oxygens (including phenoxy) is 4. The summed E-state index contributed by atoms with van der Waals surface area (Å²) < 4.78 is 21.9. The first-order chi connectivity index (χ1) is 14.7. The second kappa shape index (κ2) is 9.07.